The van der Waals surface area contributed by atoms with E-state index in [0.717, 1.165) is 0 Å². The zero-order valence-corrected chi connectivity index (χ0v) is 8.96. The highest BCUT2D eigenvalue weighted by Crippen LogP contribution is 2.23. The Morgan fingerprint density at radius 2 is 2.38 bits per heavy atom. The minimum atomic E-state index is -0.846. The van der Waals surface area contributed by atoms with Crippen LogP contribution in [0.4, 0.5) is 5.69 Å². The molecule has 0 saturated carbocycles. The van der Waals surface area contributed by atoms with Crippen molar-refractivity contribution in [1.29, 1.82) is 0 Å². The average molecular weight is 223 g/mol. The van der Waals surface area contributed by atoms with Crippen molar-refractivity contribution in [2.45, 2.75) is 12.8 Å². The Kier molecular flexibility index (Phi) is 2.64. The standard InChI is InChI=1S/C10H13N3O3/c1-12-6-8(4-11-12)13-5-7(10(15)16)2-3-9(13)14/h4,6-7H,2-3,5H2,1H3,(H,15,16). The second kappa shape index (κ2) is 3.96. The molecule has 1 aromatic heterocycles. The number of carboxylic acids is 1. The maximum atomic E-state index is 11.7. The van der Waals surface area contributed by atoms with Crippen LogP contribution in [0.25, 0.3) is 0 Å². The molecular formula is C10H13N3O3. The predicted molar refractivity (Wildman–Crippen MR) is 55.9 cm³/mol. The first kappa shape index (κ1) is 10.7. The molecule has 16 heavy (non-hydrogen) atoms. The molecular weight excluding hydrogens is 210 g/mol. The lowest BCUT2D eigenvalue weighted by atomic mass is 9.97. The molecule has 1 fully saturated rings. The van der Waals surface area contributed by atoms with Gasteiger partial charge in [0.2, 0.25) is 5.91 Å². The molecule has 1 amide bonds. The summed E-state index contributed by atoms with van der Waals surface area (Å²) in [5.74, 6) is -1.36. The molecule has 1 aliphatic rings. The number of nitrogens with zero attached hydrogens (tertiary/aromatic N) is 3. The van der Waals surface area contributed by atoms with Crippen LogP contribution in [0.15, 0.2) is 12.4 Å². The van der Waals surface area contributed by atoms with Gasteiger partial charge in [-0.25, -0.2) is 0 Å². The van der Waals surface area contributed by atoms with Gasteiger partial charge in [0.05, 0.1) is 17.8 Å². The van der Waals surface area contributed by atoms with E-state index in [1.807, 2.05) is 0 Å². The van der Waals surface area contributed by atoms with Crippen LogP contribution in [0.5, 0.6) is 0 Å². The van der Waals surface area contributed by atoms with E-state index in [0.29, 0.717) is 12.1 Å². The normalized spacial score (nSPS) is 21.2. The fourth-order valence-corrected chi connectivity index (χ4v) is 1.84. The number of rotatable bonds is 2. The highest BCUT2D eigenvalue weighted by Gasteiger charge is 2.31. The first-order valence-electron chi connectivity index (χ1n) is 5.09. The van der Waals surface area contributed by atoms with E-state index in [2.05, 4.69) is 5.10 Å². The maximum Gasteiger partial charge on any atom is 0.308 e. The Bertz CT molecular complexity index is 427. The molecule has 0 aliphatic carbocycles. The van der Waals surface area contributed by atoms with Crippen molar-refractivity contribution in [3.05, 3.63) is 12.4 Å². The van der Waals surface area contributed by atoms with Crippen molar-refractivity contribution in [3.8, 4) is 0 Å². The van der Waals surface area contributed by atoms with Crippen molar-refractivity contribution in [2.75, 3.05) is 11.4 Å². The second-order valence-corrected chi connectivity index (χ2v) is 3.95. The summed E-state index contributed by atoms with van der Waals surface area (Å²) in [6, 6.07) is 0. The van der Waals surface area contributed by atoms with Crippen molar-refractivity contribution in [1.82, 2.24) is 9.78 Å². The van der Waals surface area contributed by atoms with E-state index in [1.54, 1.807) is 24.1 Å². The van der Waals surface area contributed by atoms with Gasteiger partial charge in [-0.15, -0.1) is 0 Å². The number of carbonyl (C=O) groups is 2. The molecule has 1 unspecified atom stereocenters. The summed E-state index contributed by atoms with van der Waals surface area (Å²) in [6.07, 6.45) is 3.99. The molecule has 1 aromatic rings. The molecule has 0 spiro atoms. The number of carbonyl (C=O) groups excluding carboxylic acids is 1. The molecule has 86 valence electrons. The van der Waals surface area contributed by atoms with Crippen LogP contribution in [-0.4, -0.2) is 33.3 Å². The van der Waals surface area contributed by atoms with E-state index in [9.17, 15) is 9.59 Å². The van der Waals surface area contributed by atoms with Crippen LogP contribution in [0.2, 0.25) is 0 Å². The third kappa shape index (κ3) is 1.91. The number of hydrogen-bond donors (Lipinski definition) is 1. The Hall–Kier alpha value is -1.85. The largest absolute Gasteiger partial charge is 0.481 e. The van der Waals surface area contributed by atoms with Gasteiger partial charge in [-0.3, -0.25) is 14.3 Å². The number of amides is 1. The number of carboxylic acid groups (broad SMARTS) is 1. The average Bonchev–Trinajstić information content (AvgIpc) is 2.65. The van der Waals surface area contributed by atoms with Gasteiger partial charge >= 0.3 is 5.97 Å². The highest BCUT2D eigenvalue weighted by atomic mass is 16.4. The van der Waals surface area contributed by atoms with E-state index in [-0.39, 0.29) is 18.9 Å². The van der Waals surface area contributed by atoms with Gasteiger partial charge in [0.25, 0.3) is 0 Å². The summed E-state index contributed by atoms with van der Waals surface area (Å²) in [6.45, 7) is 0.236. The minimum absolute atomic E-state index is 0.0366. The van der Waals surface area contributed by atoms with Crippen LogP contribution < -0.4 is 4.90 Å². The highest BCUT2D eigenvalue weighted by molar-refractivity contribution is 5.95. The Labute approximate surface area is 92.5 Å². The van der Waals surface area contributed by atoms with Gasteiger partial charge in [-0.05, 0) is 6.42 Å². The first-order valence-corrected chi connectivity index (χ1v) is 5.09. The Balaban J connectivity index is 2.19. The topological polar surface area (TPSA) is 75.4 Å². The van der Waals surface area contributed by atoms with Crippen molar-refractivity contribution in [3.63, 3.8) is 0 Å². The summed E-state index contributed by atoms with van der Waals surface area (Å²) in [4.78, 5) is 24.0. The fraction of sp³-hybridized carbons (Fsp3) is 0.500. The number of aliphatic carboxylic acids is 1. The van der Waals surface area contributed by atoms with Crippen molar-refractivity contribution in [2.24, 2.45) is 13.0 Å². The van der Waals surface area contributed by atoms with E-state index in [1.165, 1.54) is 4.90 Å². The number of hydrogen-bond acceptors (Lipinski definition) is 3. The minimum Gasteiger partial charge on any atom is -0.481 e. The van der Waals surface area contributed by atoms with Crippen molar-refractivity contribution >= 4 is 17.6 Å². The van der Waals surface area contributed by atoms with Crippen LogP contribution in [0.1, 0.15) is 12.8 Å². The molecule has 0 aromatic carbocycles. The summed E-state index contributed by atoms with van der Waals surface area (Å²) in [5, 5.41) is 12.9. The summed E-state index contributed by atoms with van der Waals surface area (Å²) in [7, 11) is 1.76. The van der Waals surface area contributed by atoms with Crippen LogP contribution >= 0.6 is 0 Å². The SMILES string of the molecule is Cn1cc(N2CC(C(=O)O)CCC2=O)cn1. The zero-order valence-electron chi connectivity index (χ0n) is 8.96. The van der Waals surface area contributed by atoms with Crippen molar-refractivity contribution < 1.29 is 14.7 Å². The number of piperidine rings is 1. The molecule has 1 N–H and O–H groups in total. The lowest BCUT2D eigenvalue weighted by molar-refractivity contribution is -0.142. The fourth-order valence-electron chi connectivity index (χ4n) is 1.84. The summed E-state index contributed by atoms with van der Waals surface area (Å²) < 4.78 is 1.59. The zero-order chi connectivity index (χ0) is 11.7. The molecule has 6 heteroatoms. The molecule has 1 aliphatic heterocycles. The maximum absolute atomic E-state index is 11.7. The van der Waals surface area contributed by atoms with E-state index in [4.69, 9.17) is 5.11 Å². The van der Waals surface area contributed by atoms with Gasteiger partial charge in [0.15, 0.2) is 0 Å². The number of anilines is 1. The van der Waals surface area contributed by atoms with Crippen LogP contribution in [0.3, 0.4) is 0 Å². The third-order valence-electron chi connectivity index (χ3n) is 2.76. The number of aryl methyl sites for hydroxylation is 1. The molecule has 0 bridgehead atoms. The van der Waals surface area contributed by atoms with Crippen LogP contribution in [-0.2, 0) is 16.6 Å². The van der Waals surface area contributed by atoms with Gasteiger partial charge < -0.3 is 10.0 Å². The summed E-state index contributed by atoms with van der Waals surface area (Å²) in [5.41, 5.74) is 0.665. The molecule has 6 nitrogen and oxygen atoms in total. The lowest BCUT2D eigenvalue weighted by Gasteiger charge is -2.29. The van der Waals surface area contributed by atoms with Gasteiger partial charge in [-0.1, -0.05) is 0 Å². The third-order valence-corrected chi connectivity index (χ3v) is 2.76. The predicted octanol–water partition coefficient (Wildman–Crippen LogP) is 0.248. The van der Waals surface area contributed by atoms with Gasteiger partial charge in [0, 0.05) is 26.2 Å². The second-order valence-electron chi connectivity index (χ2n) is 3.95. The Morgan fingerprint density at radius 1 is 1.62 bits per heavy atom. The number of aromatic nitrogens is 2. The molecule has 1 atom stereocenters. The smallest absolute Gasteiger partial charge is 0.308 e. The monoisotopic (exact) mass is 223 g/mol. The molecule has 1 saturated heterocycles. The van der Waals surface area contributed by atoms with E-state index < -0.39 is 11.9 Å². The molecule has 2 heterocycles. The Morgan fingerprint density at radius 3 is 2.94 bits per heavy atom. The lowest BCUT2D eigenvalue weighted by Crippen LogP contribution is -2.42. The van der Waals surface area contributed by atoms with Gasteiger partial charge in [0.1, 0.15) is 0 Å². The molecule has 2 rings (SSSR count). The summed E-state index contributed by atoms with van der Waals surface area (Å²) >= 11 is 0. The molecule has 0 radical (unpaired) electrons. The van der Waals surface area contributed by atoms with Crippen LogP contribution in [0, 0.1) is 5.92 Å². The van der Waals surface area contributed by atoms with E-state index >= 15 is 0 Å². The van der Waals surface area contributed by atoms with Gasteiger partial charge in [-0.2, -0.15) is 5.10 Å². The first-order chi connectivity index (χ1) is 7.58. The quantitative estimate of drug-likeness (QED) is 0.779.